The van der Waals surface area contributed by atoms with Crippen LogP contribution in [-0.2, 0) is 6.61 Å². The van der Waals surface area contributed by atoms with Gasteiger partial charge in [-0.1, -0.05) is 25.4 Å². The maximum Gasteiger partial charge on any atom is 0.274 e. The van der Waals surface area contributed by atoms with Crippen LogP contribution in [0.1, 0.15) is 68.8 Å². The number of hydrogen-bond acceptors (Lipinski definition) is 5. The van der Waals surface area contributed by atoms with Crippen LogP contribution in [0.5, 0.6) is 0 Å². The lowest BCUT2D eigenvalue weighted by Crippen LogP contribution is -2.58. The Morgan fingerprint density at radius 2 is 2.13 bits per heavy atom. The third-order valence-corrected chi connectivity index (χ3v) is 5.09. The highest BCUT2D eigenvalue weighted by Gasteiger charge is 2.35. The molecule has 1 heterocycles. The highest BCUT2D eigenvalue weighted by atomic mass is 16.5. The molecule has 1 aromatic heterocycles. The minimum Gasteiger partial charge on any atom is -0.388 e. The van der Waals surface area contributed by atoms with Crippen LogP contribution in [0.15, 0.2) is 4.52 Å². The van der Waals surface area contributed by atoms with E-state index in [2.05, 4.69) is 43.2 Å². The molecule has 0 saturated carbocycles. The predicted octanol–water partition coefficient (Wildman–Crippen LogP) is 2.49. The van der Waals surface area contributed by atoms with E-state index >= 15 is 0 Å². The number of aliphatic hydroxyl groups is 1. The van der Waals surface area contributed by atoms with Crippen LogP contribution in [0, 0.1) is 6.92 Å². The minimum absolute atomic E-state index is 0.0458. The maximum absolute atomic E-state index is 12.5. The van der Waals surface area contributed by atoms with Crippen LogP contribution < -0.4 is 5.32 Å². The van der Waals surface area contributed by atoms with Gasteiger partial charge in [0.2, 0.25) is 0 Å². The van der Waals surface area contributed by atoms with Crippen molar-refractivity contribution < 1.29 is 14.4 Å². The molecule has 6 nitrogen and oxygen atoms in total. The number of carbonyl (C=O) groups is 1. The van der Waals surface area contributed by atoms with Gasteiger partial charge in [0.05, 0.1) is 0 Å². The molecule has 0 aromatic carbocycles. The molecule has 0 aliphatic carbocycles. The Morgan fingerprint density at radius 1 is 1.48 bits per heavy atom. The summed E-state index contributed by atoms with van der Waals surface area (Å²) in [5.74, 6) is 0.0723. The summed E-state index contributed by atoms with van der Waals surface area (Å²) in [4.78, 5) is 14.8. The molecule has 2 N–H and O–H groups in total. The summed E-state index contributed by atoms with van der Waals surface area (Å²) < 4.78 is 4.99. The van der Waals surface area contributed by atoms with E-state index in [1.165, 1.54) is 0 Å². The number of aromatic nitrogens is 1. The standard InChI is InChI=1S/C17H31N3O3/c1-7-9-10-20(6)17(5,8-2)13(4)18-16(22)15-12(3)14(11-21)23-19-15/h13,21H,7-11H2,1-6H3,(H,18,22). The van der Waals surface area contributed by atoms with E-state index in [4.69, 9.17) is 9.63 Å². The molecule has 2 atom stereocenters. The van der Waals surface area contributed by atoms with Crippen molar-refractivity contribution in [3.8, 4) is 0 Å². The van der Waals surface area contributed by atoms with E-state index in [0.717, 1.165) is 25.8 Å². The first-order chi connectivity index (χ1) is 10.8. The first-order valence-electron chi connectivity index (χ1n) is 8.39. The Bertz CT molecular complexity index is 515. The lowest BCUT2D eigenvalue weighted by Gasteiger charge is -2.43. The topological polar surface area (TPSA) is 78.6 Å². The Balaban J connectivity index is 2.84. The minimum atomic E-state index is -0.262. The van der Waals surface area contributed by atoms with E-state index in [1.54, 1.807) is 6.92 Å². The second kappa shape index (κ2) is 8.45. The number of nitrogens with zero attached hydrogens (tertiary/aromatic N) is 2. The Kier molecular flexibility index (Phi) is 7.22. The van der Waals surface area contributed by atoms with Gasteiger partial charge in [-0.2, -0.15) is 0 Å². The molecule has 0 aliphatic rings. The van der Waals surface area contributed by atoms with Crippen LogP contribution in [0.4, 0.5) is 0 Å². The fourth-order valence-electron chi connectivity index (χ4n) is 2.71. The Hall–Kier alpha value is -1.40. The molecular weight excluding hydrogens is 294 g/mol. The molecule has 0 radical (unpaired) electrons. The van der Waals surface area contributed by atoms with Gasteiger partial charge in [0.25, 0.3) is 5.91 Å². The molecule has 23 heavy (non-hydrogen) atoms. The van der Waals surface area contributed by atoms with Crippen LogP contribution >= 0.6 is 0 Å². The van der Waals surface area contributed by atoms with Crippen molar-refractivity contribution in [1.29, 1.82) is 0 Å². The molecule has 1 amide bonds. The SMILES string of the molecule is CCCCN(C)C(C)(CC)C(C)NC(=O)c1noc(CO)c1C. The van der Waals surface area contributed by atoms with E-state index in [9.17, 15) is 4.79 Å². The Morgan fingerprint density at radius 3 is 2.61 bits per heavy atom. The number of unbranched alkanes of at least 4 members (excludes halogenated alkanes) is 1. The monoisotopic (exact) mass is 325 g/mol. The molecule has 2 unspecified atom stereocenters. The number of hydrogen-bond donors (Lipinski definition) is 2. The number of carbonyl (C=O) groups excluding carboxylic acids is 1. The second-order valence-electron chi connectivity index (χ2n) is 6.42. The molecule has 132 valence electrons. The van der Waals surface area contributed by atoms with E-state index in [0.29, 0.717) is 11.3 Å². The lowest BCUT2D eigenvalue weighted by molar-refractivity contribution is 0.0726. The number of nitrogens with one attached hydrogen (secondary N) is 1. The van der Waals surface area contributed by atoms with Gasteiger partial charge < -0.3 is 14.9 Å². The summed E-state index contributed by atoms with van der Waals surface area (Å²) in [5, 5.41) is 16.0. The lowest BCUT2D eigenvalue weighted by atomic mass is 9.88. The van der Waals surface area contributed by atoms with Gasteiger partial charge in [0.15, 0.2) is 11.5 Å². The molecule has 1 aromatic rings. The molecule has 0 saturated heterocycles. The number of aliphatic hydroxyl groups excluding tert-OH is 1. The zero-order valence-corrected chi connectivity index (χ0v) is 15.3. The Labute approximate surface area is 139 Å². The quantitative estimate of drug-likeness (QED) is 0.729. The van der Waals surface area contributed by atoms with Gasteiger partial charge in [-0.25, -0.2) is 0 Å². The summed E-state index contributed by atoms with van der Waals surface area (Å²) in [5.41, 5.74) is 0.702. The normalized spacial score (nSPS) is 15.5. The summed E-state index contributed by atoms with van der Waals surface area (Å²) in [6.07, 6.45) is 3.20. The van der Waals surface area contributed by atoms with Gasteiger partial charge in [-0.3, -0.25) is 9.69 Å². The summed E-state index contributed by atoms with van der Waals surface area (Å²) >= 11 is 0. The van der Waals surface area contributed by atoms with Gasteiger partial charge in [-0.05, 0) is 47.2 Å². The van der Waals surface area contributed by atoms with Crippen molar-refractivity contribution in [1.82, 2.24) is 15.4 Å². The predicted molar refractivity (Wildman–Crippen MR) is 90.3 cm³/mol. The van der Waals surface area contributed by atoms with E-state index in [1.807, 2.05) is 6.92 Å². The molecule has 0 fully saturated rings. The molecule has 0 spiro atoms. The maximum atomic E-state index is 12.5. The summed E-state index contributed by atoms with van der Waals surface area (Å²) in [6, 6.07) is -0.0458. The smallest absolute Gasteiger partial charge is 0.274 e. The zero-order chi connectivity index (χ0) is 17.6. The first-order valence-corrected chi connectivity index (χ1v) is 8.39. The van der Waals surface area contributed by atoms with Gasteiger partial charge in [0, 0.05) is 17.1 Å². The van der Waals surface area contributed by atoms with E-state index in [-0.39, 0.29) is 29.8 Å². The van der Waals surface area contributed by atoms with Crippen LogP contribution in [0.2, 0.25) is 0 Å². The fourth-order valence-corrected chi connectivity index (χ4v) is 2.71. The average Bonchev–Trinajstić information content (AvgIpc) is 2.92. The van der Waals surface area contributed by atoms with Gasteiger partial charge in [0.1, 0.15) is 6.61 Å². The van der Waals surface area contributed by atoms with Crippen LogP contribution in [0.25, 0.3) is 0 Å². The molecular formula is C17H31N3O3. The highest BCUT2D eigenvalue weighted by Crippen LogP contribution is 2.23. The van der Waals surface area contributed by atoms with Crippen molar-refractivity contribution >= 4 is 5.91 Å². The second-order valence-corrected chi connectivity index (χ2v) is 6.42. The molecule has 6 heteroatoms. The van der Waals surface area contributed by atoms with Gasteiger partial charge in [-0.15, -0.1) is 0 Å². The molecule has 1 rings (SSSR count). The number of likely N-dealkylation sites (N-methyl/N-ethyl adjacent to an activating group) is 1. The van der Waals surface area contributed by atoms with Crippen LogP contribution in [-0.4, -0.2) is 46.2 Å². The van der Waals surface area contributed by atoms with E-state index < -0.39 is 0 Å². The third-order valence-electron chi connectivity index (χ3n) is 5.09. The fraction of sp³-hybridized carbons (Fsp3) is 0.765. The summed E-state index contributed by atoms with van der Waals surface area (Å²) in [7, 11) is 2.10. The number of amides is 1. The summed E-state index contributed by atoms with van der Waals surface area (Å²) in [6.45, 7) is 11.0. The zero-order valence-electron chi connectivity index (χ0n) is 15.3. The van der Waals surface area contributed by atoms with Crippen molar-refractivity contribution in [3.63, 3.8) is 0 Å². The van der Waals surface area contributed by atoms with Crippen molar-refractivity contribution in [2.45, 2.75) is 72.1 Å². The largest absolute Gasteiger partial charge is 0.388 e. The van der Waals surface area contributed by atoms with Crippen LogP contribution in [0.3, 0.4) is 0 Å². The van der Waals surface area contributed by atoms with Gasteiger partial charge >= 0.3 is 0 Å². The first kappa shape index (κ1) is 19.6. The van der Waals surface area contributed by atoms with Crippen molar-refractivity contribution in [3.05, 3.63) is 17.0 Å². The molecule has 0 bridgehead atoms. The highest BCUT2D eigenvalue weighted by molar-refractivity contribution is 5.93. The van der Waals surface area contributed by atoms with Crippen molar-refractivity contribution in [2.24, 2.45) is 0 Å². The number of rotatable bonds is 9. The van der Waals surface area contributed by atoms with Crippen molar-refractivity contribution in [2.75, 3.05) is 13.6 Å². The average molecular weight is 325 g/mol. The molecule has 0 aliphatic heterocycles. The third kappa shape index (κ3) is 4.32.